The van der Waals surface area contributed by atoms with Crippen LogP contribution in [0.5, 0.6) is 5.75 Å². The average Bonchev–Trinajstić information content (AvgIpc) is 2.41. The van der Waals surface area contributed by atoms with Crippen molar-refractivity contribution >= 4 is 11.8 Å². The predicted octanol–water partition coefficient (Wildman–Crippen LogP) is 0.553. The zero-order valence-electron chi connectivity index (χ0n) is 10.4. The van der Waals surface area contributed by atoms with Crippen LogP contribution in [0.2, 0.25) is 0 Å². The largest absolute Gasteiger partial charge is 0.490 e. The second-order valence-corrected chi connectivity index (χ2v) is 4.19. The van der Waals surface area contributed by atoms with E-state index in [0.29, 0.717) is 13.1 Å². The molecule has 0 aromatic heterocycles. The van der Waals surface area contributed by atoms with Gasteiger partial charge in [0.1, 0.15) is 0 Å². The van der Waals surface area contributed by atoms with E-state index in [9.17, 15) is 14.0 Å². The van der Waals surface area contributed by atoms with Gasteiger partial charge in [0.05, 0.1) is 19.6 Å². The van der Waals surface area contributed by atoms with Crippen LogP contribution in [0.3, 0.4) is 0 Å². The Hall–Kier alpha value is -2.11. The number of benzene rings is 1. The van der Waals surface area contributed by atoms with Gasteiger partial charge < -0.3 is 15.0 Å². The predicted molar refractivity (Wildman–Crippen MR) is 66.1 cm³/mol. The Morgan fingerprint density at radius 3 is 2.95 bits per heavy atom. The van der Waals surface area contributed by atoms with Crippen molar-refractivity contribution in [1.82, 2.24) is 10.2 Å². The first kappa shape index (κ1) is 13.3. The Morgan fingerprint density at radius 2 is 2.21 bits per heavy atom. The molecule has 1 saturated heterocycles. The van der Waals surface area contributed by atoms with Gasteiger partial charge in [-0.1, -0.05) is 12.1 Å². The van der Waals surface area contributed by atoms with Crippen molar-refractivity contribution in [3.63, 3.8) is 0 Å². The molecule has 1 aromatic carbocycles. The van der Waals surface area contributed by atoms with Crippen molar-refractivity contribution in [2.24, 2.45) is 0 Å². The summed E-state index contributed by atoms with van der Waals surface area (Å²) in [5, 5.41) is 2.64. The van der Waals surface area contributed by atoms with Gasteiger partial charge in [0.25, 0.3) is 0 Å². The molecule has 0 radical (unpaired) electrons. The van der Waals surface area contributed by atoms with Gasteiger partial charge in [-0.05, 0) is 12.1 Å². The zero-order chi connectivity index (χ0) is 13.7. The van der Waals surface area contributed by atoms with E-state index in [1.54, 1.807) is 12.1 Å². The molecule has 19 heavy (non-hydrogen) atoms. The molecule has 0 spiro atoms. The summed E-state index contributed by atoms with van der Waals surface area (Å²) in [7, 11) is 0. The number of ether oxygens (including phenoxy) is 1. The number of hydrogen-bond acceptors (Lipinski definition) is 3. The van der Waals surface area contributed by atoms with Crippen molar-refractivity contribution in [1.29, 1.82) is 0 Å². The molecule has 102 valence electrons. The van der Waals surface area contributed by atoms with Crippen LogP contribution in [0.1, 0.15) is 6.42 Å². The van der Waals surface area contributed by atoms with Crippen LogP contribution in [-0.2, 0) is 9.59 Å². The second kappa shape index (κ2) is 6.17. The van der Waals surface area contributed by atoms with Gasteiger partial charge in [0.15, 0.2) is 11.6 Å². The molecule has 1 aromatic rings. The van der Waals surface area contributed by atoms with Crippen molar-refractivity contribution < 1.29 is 18.7 Å². The highest BCUT2D eigenvalue weighted by molar-refractivity contribution is 5.85. The first-order chi connectivity index (χ1) is 9.16. The molecule has 5 nitrogen and oxygen atoms in total. The summed E-state index contributed by atoms with van der Waals surface area (Å²) in [4.78, 5) is 24.4. The van der Waals surface area contributed by atoms with E-state index in [1.165, 1.54) is 17.0 Å². The number of para-hydroxylation sites is 1. The van der Waals surface area contributed by atoms with Gasteiger partial charge in [-0.3, -0.25) is 9.59 Å². The molecule has 0 saturated carbocycles. The molecule has 2 amide bonds. The van der Waals surface area contributed by atoms with Gasteiger partial charge in [-0.2, -0.15) is 0 Å². The molecule has 0 bridgehead atoms. The van der Waals surface area contributed by atoms with Gasteiger partial charge in [0.2, 0.25) is 11.8 Å². The maximum Gasteiger partial charge on any atom is 0.239 e. The molecule has 6 heteroatoms. The molecule has 1 aliphatic rings. The fourth-order valence-corrected chi connectivity index (χ4v) is 1.82. The molecule has 1 heterocycles. The number of carbonyl (C=O) groups is 2. The molecule has 1 N–H and O–H groups in total. The molecule has 0 atom stereocenters. The fourth-order valence-electron chi connectivity index (χ4n) is 1.82. The highest BCUT2D eigenvalue weighted by atomic mass is 19.1. The standard InChI is InChI=1S/C13H15FN2O3/c14-10-3-1-2-4-11(10)19-8-5-13(18)16-7-6-15-12(17)9-16/h1-4H,5-9H2,(H,15,17). The third kappa shape index (κ3) is 3.67. The summed E-state index contributed by atoms with van der Waals surface area (Å²) in [5.74, 6) is -0.639. The van der Waals surface area contributed by atoms with Crippen LogP contribution in [0.15, 0.2) is 24.3 Å². The summed E-state index contributed by atoms with van der Waals surface area (Å²) in [6.45, 7) is 1.15. The zero-order valence-corrected chi connectivity index (χ0v) is 10.4. The number of amides is 2. The lowest BCUT2D eigenvalue weighted by molar-refractivity contribution is -0.138. The lowest BCUT2D eigenvalue weighted by atomic mass is 10.3. The molecule has 0 aliphatic carbocycles. The smallest absolute Gasteiger partial charge is 0.239 e. The number of nitrogens with one attached hydrogen (secondary N) is 1. The van der Waals surface area contributed by atoms with Crippen LogP contribution in [0.4, 0.5) is 4.39 Å². The third-order valence-corrected chi connectivity index (χ3v) is 2.80. The molecule has 0 unspecified atom stereocenters. The number of halogens is 1. The monoisotopic (exact) mass is 266 g/mol. The van der Waals surface area contributed by atoms with Crippen LogP contribution in [0.25, 0.3) is 0 Å². The molecule has 1 aliphatic heterocycles. The minimum atomic E-state index is -0.452. The number of carbonyl (C=O) groups excluding carboxylic acids is 2. The van der Waals surface area contributed by atoms with Gasteiger partial charge in [-0.15, -0.1) is 0 Å². The van der Waals surface area contributed by atoms with Crippen LogP contribution >= 0.6 is 0 Å². The van der Waals surface area contributed by atoms with Crippen molar-refractivity contribution in [2.75, 3.05) is 26.2 Å². The number of rotatable bonds is 4. The van der Waals surface area contributed by atoms with Crippen LogP contribution in [-0.4, -0.2) is 43.0 Å². The Bertz CT molecular complexity index is 479. The highest BCUT2D eigenvalue weighted by Crippen LogP contribution is 2.15. The topological polar surface area (TPSA) is 58.6 Å². The minimum Gasteiger partial charge on any atom is -0.490 e. The van der Waals surface area contributed by atoms with Crippen LogP contribution < -0.4 is 10.1 Å². The number of nitrogens with zero attached hydrogens (tertiary/aromatic N) is 1. The molecule has 2 rings (SSSR count). The van der Waals surface area contributed by atoms with Crippen molar-refractivity contribution in [2.45, 2.75) is 6.42 Å². The number of hydrogen-bond donors (Lipinski definition) is 1. The van der Waals surface area contributed by atoms with E-state index in [-0.39, 0.29) is 37.1 Å². The van der Waals surface area contributed by atoms with Gasteiger partial charge >= 0.3 is 0 Å². The summed E-state index contributed by atoms with van der Waals surface area (Å²) in [5.41, 5.74) is 0. The average molecular weight is 266 g/mol. The Morgan fingerprint density at radius 1 is 1.42 bits per heavy atom. The fraction of sp³-hybridized carbons (Fsp3) is 0.385. The third-order valence-electron chi connectivity index (χ3n) is 2.80. The van der Waals surface area contributed by atoms with E-state index in [4.69, 9.17) is 4.74 Å². The summed E-state index contributed by atoms with van der Waals surface area (Å²) in [6, 6.07) is 6.04. The van der Waals surface area contributed by atoms with Crippen molar-refractivity contribution in [3.05, 3.63) is 30.1 Å². The Kier molecular flexibility index (Phi) is 4.33. The van der Waals surface area contributed by atoms with Crippen molar-refractivity contribution in [3.8, 4) is 5.75 Å². The van der Waals surface area contributed by atoms with Crippen LogP contribution in [0, 0.1) is 5.82 Å². The highest BCUT2D eigenvalue weighted by Gasteiger charge is 2.20. The van der Waals surface area contributed by atoms with Gasteiger partial charge in [0, 0.05) is 13.1 Å². The molecular formula is C13H15FN2O3. The van der Waals surface area contributed by atoms with E-state index >= 15 is 0 Å². The maximum atomic E-state index is 13.2. The lowest BCUT2D eigenvalue weighted by Crippen LogP contribution is -2.50. The minimum absolute atomic E-state index is 0.0819. The van der Waals surface area contributed by atoms with E-state index in [2.05, 4.69) is 5.32 Å². The summed E-state index contributed by atoms with van der Waals surface area (Å²) >= 11 is 0. The van der Waals surface area contributed by atoms with E-state index in [1.807, 2.05) is 0 Å². The first-order valence-electron chi connectivity index (χ1n) is 6.08. The number of piperazine rings is 1. The SMILES string of the molecule is O=C1CN(C(=O)CCOc2ccccc2F)CCN1. The van der Waals surface area contributed by atoms with E-state index in [0.717, 1.165) is 0 Å². The van der Waals surface area contributed by atoms with Gasteiger partial charge in [-0.25, -0.2) is 4.39 Å². The maximum absolute atomic E-state index is 13.2. The molecule has 1 fully saturated rings. The Labute approximate surface area is 110 Å². The summed E-state index contributed by atoms with van der Waals surface area (Å²) in [6.07, 6.45) is 0.127. The Balaban J connectivity index is 1.78. The summed E-state index contributed by atoms with van der Waals surface area (Å²) < 4.78 is 18.4. The lowest BCUT2D eigenvalue weighted by Gasteiger charge is -2.26. The van der Waals surface area contributed by atoms with E-state index < -0.39 is 5.82 Å². The second-order valence-electron chi connectivity index (χ2n) is 4.19. The normalized spacial score (nSPS) is 15.0. The first-order valence-corrected chi connectivity index (χ1v) is 6.08. The molecular weight excluding hydrogens is 251 g/mol. The quantitative estimate of drug-likeness (QED) is 0.866.